The van der Waals surface area contributed by atoms with Crippen molar-refractivity contribution in [2.75, 3.05) is 21.1 Å². The summed E-state index contributed by atoms with van der Waals surface area (Å²) in [6, 6.07) is -0.493. The lowest BCUT2D eigenvalue weighted by atomic mass is 9.57. The number of phenolic OH excluding ortho intramolecular Hbond substituents is 1. The van der Waals surface area contributed by atoms with Gasteiger partial charge in [-0.2, -0.15) is 13.2 Å². The number of aliphatic hydroxyl groups excluding tert-OH is 2. The standard InChI is InChI=1S/C24H26F3N3O7/c1-29-7-9-6-12(31)14-10(16(9)24(25,26)27)4-8-5-11-17(30(2)3)19(33)15(22(28)36)21(35)23(11,37)20(34)13(8)18(14)32/h6,8,11,17,29,31-32,35,37H,4-5,7H2,1-3H3,(H2,28,36)/t8-,11-,17-,23-/m0/s1. The summed E-state index contributed by atoms with van der Waals surface area (Å²) < 4.78 is 42.6. The molecule has 0 unspecified atom stereocenters. The zero-order valence-corrected chi connectivity index (χ0v) is 20.1. The molecule has 0 aliphatic heterocycles. The van der Waals surface area contributed by atoms with Gasteiger partial charge in [0.1, 0.15) is 22.8 Å². The molecule has 1 amide bonds. The first-order valence-corrected chi connectivity index (χ1v) is 11.3. The van der Waals surface area contributed by atoms with Crippen LogP contribution in [0.4, 0.5) is 13.2 Å². The summed E-state index contributed by atoms with van der Waals surface area (Å²) in [5, 5.41) is 46.5. The number of phenols is 1. The lowest BCUT2D eigenvalue weighted by molar-refractivity contribution is -0.153. The van der Waals surface area contributed by atoms with Crippen molar-refractivity contribution >= 4 is 23.2 Å². The van der Waals surface area contributed by atoms with Gasteiger partial charge in [0.2, 0.25) is 5.78 Å². The molecule has 10 nitrogen and oxygen atoms in total. The number of likely N-dealkylation sites (N-methyl/N-ethyl adjacent to an activating group) is 1. The maximum absolute atomic E-state index is 14.2. The average molecular weight is 525 g/mol. The van der Waals surface area contributed by atoms with Crippen LogP contribution < -0.4 is 11.1 Å². The first-order valence-electron chi connectivity index (χ1n) is 11.3. The average Bonchev–Trinajstić information content (AvgIpc) is 2.74. The number of halogens is 3. The Morgan fingerprint density at radius 1 is 1.24 bits per heavy atom. The molecule has 4 rings (SSSR count). The molecule has 13 heteroatoms. The van der Waals surface area contributed by atoms with Crippen molar-refractivity contribution in [1.29, 1.82) is 0 Å². The minimum absolute atomic E-state index is 0.245. The Balaban J connectivity index is 2.02. The molecule has 3 aliphatic rings. The molecule has 1 aromatic rings. The first kappa shape index (κ1) is 26.6. The van der Waals surface area contributed by atoms with Crippen molar-refractivity contribution in [2.45, 2.75) is 37.2 Å². The number of Topliss-reactive ketones (excluding diaryl/α,β-unsaturated/α-hetero) is 2. The second-order valence-electron chi connectivity index (χ2n) is 9.77. The highest BCUT2D eigenvalue weighted by molar-refractivity contribution is 6.24. The summed E-state index contributed by atoms with van der Waals surface area (Å²) in [4.78, 5) is 40.0. The van der Waals surface area contributed by atoms with Crippen LogP contribution in [0.15, 0.2) is 23.0 Å². The van der Waals surface area contributed by atoms with E-state index in [0.29, 0.717) is 0 Å². The lowest BCUT2D eigenvalue weighted by Gasteiger charge is -2.50. The van der Waals surface area contributed by atoms with Gasteiger partial charge in [-0.1, -0.05) is 0 Å². The number of nitrogens with zero attached hydrogens (tertiary/aromatic N) is 1. The Morgan fingerprint density at radius 3 is 2.38 bits per heavy atom. The number of rotatable bonds is 4. The number of alkyl halides is 3. The maximum atomic E-state index is 14.2. The van der Waals surface area contributed by atoms with Crippen LogP contribution in [0.3, 0.4) is 0 Å². The molecule has 0 aromatic heterocycles. The number of benzene rings is 1. The molecule has 200 valence electrons. The second-order valence-corrected chi connectivity index (χ2v) is 9.77. The minimum atomic E-state index is -4.87. The Kier molecular flexibility index (Phi) is 6.17. The van der Waals surface area contributed by atoms with Crippen molar-refractivity contribution in [2.24, 2.45) is 17.6 Å². The summed E-state index contributed by atoms with van der Waals surface area (Å²) in [7, 11) is 4.28. The molecule has 3 aliphatic carbocycles. The maximum Gasteiger partial charge on any atom is 0.417 e. The predicted molar refractivity (Wildman–Crippen MR) is 122 cm³/mol. The Bertz CT molecular complexity index is 1300. The predicted octanol–water partition coefficient (Wildman–Crippen LogP) is 0.702. The zero-order chi connectivity index (χ0) is 27.8. The SMILES string of the molecule is CNCc1cc(O)c2c(c1C(F)(F)F)C[C@H]1C[C@H]3[C@H](N(C)C)C(=O)C(C(N)=O)=C(O)[C@@]3(O)C(=O)C1=C2O. The van der Waals surface area contributed by atoms with Gasteiger partial charge in [-0.15, -0.1) is 0 Å². The largest absolute Gasteiger partial charge is 0.508 e. The fourth-order valence-electron chi connectivity index (χ4n) is 6.07. The molecule has 0 bridgehead atoms. The Morgan fingerprint density at radius 2 is 1.86 bits per heavy atom. The van der Waals surface area contributed by atoms with Crippen LogP contribution in [0.2, 0.25) is 0 Å². The summed E-state index contributed by atoms with van der Waals surface area (Å²) in [5.74, 6) is -9.06. The number of hydrogen-bond acceptors (Lipinski definition) is 9. The van der Waals surface area contributed by atoms with Crippen LogP contribution in [-0.2, 0) is 33.5 Å². The molecule has 4 atom stereocenters. The van der Waals surface area contributed by atoms with E-state index in [1.807, 2.05) is 0 Å². The highest BCUT2D eigenvalue weighted by atomic mass is 19.4. The summed E-state index contributed by atoms with van der Waals surface area (Å²) >= 11 is 0. The topological polar surface area (TPSA) is 173 Å². The number of aliphatic hydroxyl groups is 3. The molecule has 1 aromatic carbocycles. The van der Waals surface area contributed by atoms with Gasteiger partial charge in [0.05, 0.1) is 17.2 Å². The van der Waals surface area contributed by atoms with Crippen molar-refractivity contribution in [3.05, 3.63) is 45.2 Å². The van der Waals surface area contributed by atoms with E-state index in [1.54, 1.807) is 0 Å². The highest BCUT2D eigenvalue weighted by Crippen LogP contribution is 2.54. The monoisotopic (exact) mass is 525 g/mol. The van der Waals surface area contributed by atoms with Crippen LogP contribution in [0, 0.1) is 11.8 Å². The van der Waals surface area contributed by atoms with Gasteiger partial charge in [-0.05, 0) is 57.1 Å². The van der Waals surface area contributed by atoms with Crippen LogP contribution in [0.25, 0.3) is 5.76 Å². The van der Waals surface area contributed by atoms with Gasteiger partial charge >= 0.3 is 6.18 Å². The fourth-order valence-corrected chi connectivity index (χ4v) is 6.07. The number of aromatic hydroxyl groups is 1. The van der Waals surface area contributed by atoms with Crippen LogP contribution in [0.1, 0.15) is 28.7 Å². The van der Waals surface area contributed by atoms with Crippen molar-refractivity contribution in [1.82, 2.24) is 10.2 Å². The minimum Gasteiger partial charge on any atom is -0.508 e. The van der Waals surface area contributed by atoms with Gasteiger partial charge in [0.25, 0.3) is 5.91 Å². The Hall–Kier alpha value is -3.42. The number of ketones is 2. The smallest absolute Gasteiger partial charge is 0.417 e. The van der Waals surface area contributed by atoms with E-state index in [9.17, 15) is 48.0 Å². The number of fused-ring (bicyclic) bond motifs is 3. The van der Waals surface area contributed by atoms with E-state index >= 15 is 0 Å². The van der Waals surface area contributed by atoms with Crippen LogP contribution in [-0.4, -0.2) is 75.6 Å². The van der Waals surface area contributed by atoms with E-state index in [-0.39, 0.29) is 18.5 Å². The van der Waals surface area contributed by atoms with Gasteiger partial charge in [-0.25, -0.2) is 0 Å². The van der Waals surface area contributed by atoms with Crippen molar-refractivity contribution < 1.29 is 48.0 Å². The fraction of sp³-hybridized carbons (Fsp3) is 0.458. The number of carbonyl (C=O) groups excluding carboxylic acids is 3. The van der Waals surface area contributed by atoms with Gasteiger partial charge in [-0.3, -0.25) is 19.3 Å². The molecule has 1 fully saturated rings. The molecular formula is C24H26F3N3O7. The Labute approximate surface area is 208 Å². The van der Waals surface area contributed by atoms with Crippen LogP contribution in [0.5, 0.6) is 5.75 Å². The number of nitrogens with two attached hydrogens (primary N) is 1. The zero-order valence-electron chi connectivity index (χ0n) is 20.1. The molecule has 7 N–H and O–H groups in total. The number of amides is 1. The summed E-state index contributed by atoms with van der Waals surface area (Å²) in [6.45, 7) is -0.245. The van der Waals surface area contributed by atoms with E-state index in [1.165, 1.54) is 26.0 Å². The van der Waals surface area contributed by atoms with Gasteiger partial charge < -0.3 is 31.5 Å². The first-order chi connectivity index (χ1) is 17.1. The third kappa shape index (κ3) is 3.63. The molecular weight excluding hydrogens is 499 g/mol. The molecule has 0 heterocycles. The third-order valence-corrected chi connectivity index (χ3v) is 7.46. The molecule has 0 spiro atoms. The van der Waals surface area contributed by atoms with Crippen molar-refractivity contribution in [3.63, 3.8) is 0 Å². The second kappa shape index (κ2) is 8.57. The third-order valence-electron chi connectivity index (χ3n) is 7.46. The summed E-state index contributed by atoms with van der Waals surface area (Å²) in [5.41, 5.74) is -1.48. The number of hydrogen-bond donors (Lipinski definition) is 6. The quantitative estimate of drug-likeness (QED) is 0.309. The number of nitrogens with one attached hydrogen (secondary N) is 1. The molecule has 0 radical (unpaired) electrons. The van der Waals surface area contributed by atoms with Crippen molar-refractivity contribution in [3.8, 4) is 5.75 Å². The molecule has 37 heavy (non-hydrogen) atoms. The van der Waals surface area contributed by atoms with E-state index in [0.717, 1.165) is 6.07 Å². The lowest BCUT2D eigenvalue weighted by Crippen LogP contribution is -2.65. The van der Waals surface area contributed by atoms with Crippen LogP contribution >= 0.6 is 0 Å². The normalized spacial score (nSPS) is 27.8. The molecule has 0 saturated heterocycles. The van der Waals surface area contributed by atoms with E-state index < -0.39 is 98.7 Å². The highest BCUT2D eigenvalue weighted by Gasteiger charge is 2.64. The van der Waals surface area contributed by atoms with Gasteiger partial charge in [0, 0.05) is 18.0 Å². The molecule has 1 saturated carbocycles. The number of carbonyl (C=O) groups is 3. The number of primary amides is 1. The van der Waals surface area contributed by atoms with E-state index in [2.05, 4.69) is 5.32 Å². The van der Waals surface area contributed by atoms with Gasteiger partial charge in [0.15, 0.2) is 11.4 Å². The summed E-state index contributed by atoms with van der Waals surface area (Å²) in [6.07, 6.45) is -5.62. The van der Waals surface area contributed by atoms with E-state index in [4.69, 9.17) is 5.73 Å².